The van der Waals surface area contributed by atoms with Crippen molar-refractivity contribution < 1.29 is 14.3 Å². The minimum absolute atomic E-state index is 0.101. The molecule has 1 saturated heterocycles. The van der Waals surface area contributed by atoms with Crippen LogP contribution in [0.3, 0.4) is 0 Å². The molecule has 2 amide bonds. The lowest BCUT2D eigenvalue weighted by molar-refractivity contribution is -0.122. The van der Waals surface area contributed by atoms with Gasteiger partial charge in [0.05, 0.1) is 18.7 Å². The molecule has 3 aromatic rings. The van der Waals surface area contributed by atoms with Crippen molar-refractivity contribution >= 4 is 23.3 Å². The third-order valence-electron chi connectivity index (χ3n) is 5.55. The highest BCUT2D eigenvalue weighted by Crippen LogP contribution is 2.28. The molecule has 1 aliphatic heterocycles. The highest BCUT2D eigenvalue weighted by atomic mass is 16.5. The Morgan fingerprint density at radius 3 is 2.56 bits per heavy atom. The number of rotatable bonds is 5. The Morgan fingerprint density at radius 2 is 1.91 bits per heavy atom. The fourth-order valence-corrected chi connectivity index (χ4v) is 3.60. The molecule has 1 fully saturated rings. The van der Waals surface area contributed by atoms with Crippen molar-refractivity contribution in [2.75, 3.05) is 23.9 Å². The lowest BCUT2D eigenvalue weighted by Crippen LogP contribution is -2.29. The predicted molar refractivity (Wildman–Crippen MR) is 118 cm³/mol. The van der Waals surface area contributed by atoms with Crippen LogP contribution in [0.1, 0.15) is 23.4 Å². The highest BCUT2D eigenvalue weighted by molar-refractivity contribution is 6.03. The van der Waals surface area contributed by atoms with Gasteiger partial charge in [-0.3, -0.25) is 19.4 Å². The van der Waals surface area contributed by atoms with E-state index in [0.717, 1.165) is 0 Å². The van der Waals surface area contributed by atoms with Gasteiger partial charge in [0.2, 0.25) is 17.8 Å². The summed E-state index contributed by atoms with van der Waals surface area (Å²) in [6.45, 7) is 5.47. The van der Waals surface area contributed by atoms with Gasteiger partial charge in [-0.05, 0) is 45.0 Å². The number of methoxy groups -OCH3 is 1. The summed E-state index contributed by atoms with van der Waals surface area (Å²) in [7, 11) is 1.58. The zero-order chi connectivity index (χ0) is 23.0. The molecule has 1 atom stereocenters. The molecule has 4 rings (SSSR count). The standard InChI is InChI=1S/C22H24N6O4/c1-12-9-18(28(26-12)22-23-14(3)13(2)20(30)25-22)24-21(31)15-10-19(29)27(11-15)16-5-7-17(32-4)8-6-16/h5-9,15H,10-11H2,1-4H3,(H,24,31)(H,23,25,30). The molecule has 10 heteroatoms. The number of H-pyrrole nitrogens is 1. The van der Waals surface area contributed by atoms with E-state index in [4.69, 9.17) is 4.74 Å². The number of anilines is 2. The number of aromatic nitrogens is 4. The van der Waals surface area contributed by atoms with Crippen LogP contribution in [-0.2, 0) is 9.59 Å². The number of carbonyl (C=O) groups is 2. The summed E-state index contributed by atoms with van der Waals surface area (Å²) < 4.78 is 6.54. The summed E-state index contributed by atoms with van der Waals surface area (Å²) in [4.78, 5) is 46.3. The number of benzene rings is 1. The van der Waals surface area contributed by atoms with Crippen LogP contribution in [0.2, 0.25) is 0 Å². The fourth-order valence-electron chi connectivity index (χ4n) is 3.60. The number of nitrogens with zero attached hydrogens (tertiary/aromatic N) is 4. The quantitative estimate of drug-likeness (QED) is 0.630. The van der Waals surface area contributed by atoms with Crippen LogP contribution < -0.4 is 20.5 Å². The van der Waals surface area contributed by atoms with E-state index in [1.807, 2.05) is 0 Å². The van der Waals surface area contributed by atoms with Crippen LogP contribution >= 0.6 is 0 Å². The van der Waals surface area contributed by atoms with Gasteiger partial charge in [0.15, 0.2) is 0 Å². The molecule has 2 aromatic heterocycles. The number of hydrogen-bond donors (Lipinski definition) is 2. The predicted octanol–water partition coefficient (Wildman–Crippen LogP) is 1.88. The van der Waals surface area contributed by atoms with Gasteiger partial charge in [0, 0.05) is 36.0 Å². The van der Waals surface area contributed by atoms with E-state index >= 15 is 0 Å². The lowest BCUT2D eigenvalue weighted by Gasteiger charge is -2.17. The van der Waals surface area contributed by atoms with E-state index in [2.05, 4.69) is 20.4 Å². The summed E-state index contributed by atoms with van der Waals surface area (Å²) in [6.07, 6.45) is 0.101. The number of hydrogen-bond acceptors (Lipinski definition) is 6. The van der Waals surface area contributed by atoms with Crippen molar-refractivity contribution in [2.24, 2.45) is 5.92 Å². The molecule has 1 aromatic carbocycles. The Labute approximate surface area is 184 Å². The van der Waals surface area contributed by atoms with Gasteiger partial charge in [-0.1, -0.05) is 0 Å². The first-order valence-electron chi connectivity index (χ1n) is 10.2. The molecule has 0 saturated carbocycles. The van der Waals surface area contributed by atoms with Gasteiger partial charge in [0.25, 0.3) is 5.56 Å². The summed E-state index contributed by atoms with van der Waals surface area (Å²) in [5, 5.41) is 7.18. The summed E-state index contributed by atoms with van der Waals surface area (Å²) in [5.41, 5.74) is 2.18. The number of amides is 2. The van der Waals surface area contributed by atoms with Crippen LogP contribution in [0.5, 0.6) is 5.75 Å². The van der Waals surface area contributed by atoms with E-state index in [0.29, 0.717) is 34.2 Å². The molecular formula is C22H24N6O4. The first kappa shape index (κ1) is 21.3. The number of ether oxygens (including phenoxy) is 1. The first-order chi connectivity index (χ1) is 15.3. The maximum Gasteiger partial charge on any atom is 0.255 e. The van der Waals surface area contributed by atoms with Gasteiger partial charge in [-0.2, -0.15) is 9.78 Å². The maximum atomic E-state index is 13.0. The molecule has 1 aliphatic rings. The fraction of sp³-hybridized carbons (Fsp3) is 0.318. The molecule has 2 N–H and O–H groups in total. The van der Waals surface area contributed by atoms with Crippen molar-refractivity contribution in [3.8, 4) is 11.7 Å². The highest BCUT2D eigenvalue weighted by Gasteiger charge is 2.35. The summed E-state index contributed by atoms with van der Waals surface area (Å²) in [6, 6.07) is 8.81. The van der Waals surface area contributed by atoms with Gasteiger partial charge < -0.3 is 15.0 Å². The van der Waals surface area contributed by atoms with E-state index in [-0.39, 0.29) is 36.3 Å². The van der Waals surface area contributed by atoms with Crippen molar-refractivity contribution in [2.45, 2.75) is 27.2 Å². The first-order valence-corrected chi connectivity index (χ1v) is 10.2. The SMILES string of the molecule is COc1ccc(N2CC(C(=O)Nc3cc(C)nn3-c3nc(C)c(C)c(=O)[nH]3)CC2=O)cc1. The van der Waals surface area contributed by atoms with Crippen molar-refractivity contribution in [1.82, 2.24) is 19.7 Å². The Hall–Kier alpha value is -3.95. The molecular weight excluding hydrogens is 412 g/mol. The molecule has 166 valence electrons. The van der Waals surface area contributed by atoms with Crippen molar-refractivity contribution in [3.05, 3.63) is 57.6 Å². The van der Waals surface area contributed by atoms with E-state index < -0.39 is 5.92 Å². The largest absolute Gasteiger partial charge is 0.497 e. The second-order valence-corrected chi connectivity index (χ2v) is 7.78. The zero-order valence-electron chi connectivity index (χ0n) is 18.3. The van der Waals surface area contributed by atoms with Crippen molar-refractivity contribution in [1.29, 1.82) is 0 Å². The smallest absolute Gasteiger partial charge is 0.255 e. The van der Waals surface area contributed by atoms with E-state index in [9.17, 15) is 14.4 Å². The van der Waals surface area contributed by atoms with Gasteiger partial charge in [-0.25, -0.2) is 4.98 Å². The Kier molecular flexibility index (Phi) is 5.52. The second-order valence-electron chi connectivity index (χ2n) is 7.78. The number of nitrogens with one attached hydrogen (secondary N) is 2. The number of aryl methyl sites for hydroxylation is 2. The van der Waals surface area contributed by atoms with Crippen molar-refractivity contribution in [3.63, 3.8) is 0 Å². The molecule has 0 bridgehead atoms. The number of aromatic amines is 1. The summed E-state index contributed by atoms with van der Waals surface area (Å²) in [5.74, 6) is 0.316. The zero-order valence-corrected chi connectivity index (χ0v) is 18.3. The topological polar surface area (TPSA) is 122 Å². The third kappa shape index (κ3) is 3.98. The molecule has 3 heterocycles. The van der Waals surface area contributed by atoms with Crippen LogP contribution in [-0.4, -0.2) is 45.2 Å². The molecule has 32 heavy (non-hydrogen) atoms. The van der Waals surface area contributed by atoms with Gasteiger partial charge in [-0.15, -0.1) is 0 Å². The molecule has 0 spiro atoms. The monoisotopic (exact) mass is 436 g/mol. The van der Waals surface area contributed by atoms with Crippen LogP contribution in [0.4, 0.5) is 11.5 Å². The van der Waals surface area contributed by atoms with Gasteiger partial charge in [0.1, 0.15) is 11.6 Å². The van der Waals surface area contributed by atoms with Crippen LogP contribution in [0.15, 0.2) is 35.1 Å². The number of carbonyl (C=O) groups excluding carboxylic acids is 2. The Balaban J connectivity index is 1.54. The van der Waals surface area contributed by atoms with Gasteiger partial charge >= 0.3 is 0 Å². The minimum atomic E-state index is -0.528. The third-order valence-corrected chi connectivity index (χ3v) is 5.55. The normalized spacial score (nSPS) is 15.8. The van der Waals surface area contributed by atoms with Crippen LogP contribution in [0.25, 0.3) is 5.95 Å². The van der Waals surface area contributed by atoms with Crippen LogP contribution in [0, 0.1) is 26.7 Å². The van der Waals surface area contributed by atoms with E-state index in [1.165, 1.54) is 4.68 Å². The van der Waals surface area contributed by atoms with E-state index in [1.54, 1.807) is 63.1 Å². The molecule has 1 unspecified atom stereocenters. The second kappa shape index (κ2) is 8.29. The maximum absolute atomic E-state index is 13.0. The average Bonchev–Trinajstić information content (AvgIpc) is 3.34. The average molecular weight is 436 g/mol. The molecule has 0 radical (unpaired) electrons. The minimum Gasteiger partial charge on any atom is -0.497 e. The molecule has 0 aliphatic carbocycles. The summed E-state index contributed by atoms with van der Waals surface area (Å²) >= 11 is 0. The Morgan fingerprint density at radius 1 is 1.19 bits per heavy atom. The Bertz CT molecular complexity index is 1240. The lowest BCUT2D eigenvalue weighted by atomic mass is 10.1. The molecule has 10 nitrogen and oxygen atoms in total.